The normalized spacial score (nSPS) is 12.9. The van der Waals surface area contributed by atoms with Gasteiger partial charge in [-0.15, -0.1) is 0 Å². The quantitative estimate of drug-likeness (QED) is 0.182. The van der Waals surface area contributed by atoms with Crippen molar-refractivity contribution in [3.05, 3.63) is 181 Å². The fourth-order valence-corrected chi connectivity index (χ4v) is 8.06. The molecular formula is C49H34N4. The predicted molar refractivity (Wildman–Crippen MR) is 217 cm³/mol. The molecule has 53 heavy (non-hydrogen) atoms. The highest BCUT2D eigenvalue weighted by Crippen LogP contribution is 2.50. The molecule has 0 fully saturated rings. The lowest BCUT2D eigenvalue weighted by Crippen LogP contribution is -2.14. The smallest absolute Gasteiger partial charge is 0.164 e. The molecule has 7 aromatic carbocycles. The van der Waals surface area contributed by atoms with Gasteiger partial charge in [-0.05, 0) is 68.4 Å². The van der Waals surface area contributed by atoms with Crippen molar-refractivity contribution in [2.75, 3.05) is 0 Å². The van der Waals surface area contributed by atoms with E-state index in [1.165, 1.54) is 33.4 Å². The Labute approximate surface area is 308 Å². The Morgan fingerprint density at radius 2 is 0.868 bits per heavy atom. The van der Waals surface area contributed by atoms with Gasteiger partial charge in [0.2, 0.25) is 0 Å². The molecule has 4 nitrogen and oxygen atoms in total. The molecule has 0 saturated heterocycles. The molecule has 2 aromatic heterocycles. The van der Waals surface area contributed by atoms with Crippen LogP contribution in [-0.2, 0) is 5.41 Å². The van der Waals surface area contributed by atoms with Crippen LogP contribution < -0.4 is 0 Å². The SMILES string of the molecule is CC1(C)c2ccccc2-c2cc3c(-c4ccccc4)cc(-c4ccc(-c5nc(-c6ccccc6)nc(-c6ccccc6)n5)c5ccccc45)nc3cc21. The highest BCUT2D eigenvalue weighted by atomic mass is 15.0. The van der Waals surface area contributed by atoms with E-state index in [2.05, 4.69) is 123 Å². The number of hydrogen-bond acceptors (Lipinski definition) is 4. The summed E-state index contributed by atoms with van der Waals surface area (Å²) in [7, 11) is 0. The molecule has 250 valence electrons. The van der Waals surface area contributed by atoms with E-state index in [0.717, 1.165) is 49.6 Å². The fraction of sp³-hybridized carbons (Fsp3) is 0.0612. The summed E-state index contributed by atoms with van der Waals surface area (Å²) in [5, 5.41) is 3.30. The monoisotopic (exact) mass is 678 g/mol. The van der Waals surface area contributed by atoms with Gasteiger partial charge < -0.3 is 0 Å². The zero-order chi connectivity index (χ0) is 35.5. The molecule has 0 unspecified atom stereocenters. The first-order valence-electron chi connectivity index (χ1n) is 18.1. The zero-order valence-electron chi connectivity index (χ0n) is 29.5. The topological polar surface area (TPSA) is 51.6 Å². The molecule has 0 atom stereocenters. The van der Waals surface area contributed by atoms with Crippen LogP contribution >= 0.6 is 0 Å². The van der Waals surface area contributed by atoms with Crippen molar-refractivity contribution in [1.82, 2.24) is 19.9 Å². The second kappa shape index (κ2) is 12.2. The Morgan fingerprint density at radius 1 is 0.340 bits per heavy atom. The van der Waals surface area contributed by atoms with Crippen LogP contribution in [0, 0.1) is 0 Å². The van der Waals surface area contributed by atoms with Crippen molar-refractivity contribution < 1.29 is 0 Å². The molecule has 1 aliphatic carbocycles. The highest BCUT2D eigenvalue weighted by molar-refractivity contribution is 6.07. The van der Waals surface area contributed by atoms with Gasteiger partial charge in [0.15, 0.2) is 17.5 Å². The Hall–Kier alpha value is -6.78. The summed E-state index contributed by atoms with van der Waals surface area (Å²) in [5.74, 6) is 1.92. The molecule has 0 saturated carbocycles. The molecule has 0 N–H and O–H groups in total. The standard InChI is InChI=1S/C49H34N4/c1-49(2)42-25-15-14-24-36(42)40-28-41-39(31-16-6-3-7-17-31)29-44(50-45(41)30-43(40)49)37-26-27-38(35-23-13-12-22-34(35)37)48-52-46(32-18-8-4-9-19-32)51-47(53-48)33-20-10-5-11-21-33/h3-30H,1-2H3. The number of nitrogens with zero attached hydrogens (tertiary/aromatic N) is 4. The summed E-state index contributed by atoms with van der Waals surface area (Å²) in [4.78, 5) is 20.5. The van der Waals surface area contributed by atoms with Gasteiger partial charge in [0, 0.05) is 33.1 Å². The summed E-state index contributed by atoms with van der Waals surface area (Å²) in [5.41, 5.74) is 13.3. The van der Waals surface area contributed by atoms with Gasteiger partial charge in [0.1, 0.15) is 0 Å². The van der Waals surface area contributed by atoms with Crippen molar-refractivity contribution in [3.8, 4) is 67.7 Å². The maximum Gasteiger partial charge on any atom is 0.164 e. The van der Waals surface area contributed by atoms with E-state index in [9.17, 15) is 0 Å². The lowest BCUT2D eigenvalue weighted by atomic mass is 9.82. The van der Waals surface area contributed by atoms with Crippen molar-refractivity contribution in [1.29, 1.82) is 0 Å². The maximum absolute atomic E-state index is 5.46. The lowest BCUT2D eigenvalue weighted by molar-refractivity contribution is 0.661. The lowest BCUT2D eigenvalue weighted by Gasteiger charge is -2.22. The molecule has 0 bridgehead atoms. The average molecular weight is 679 g/mol. The van der Waals surface area contributed by atoms with Gasteiger partial charge in [-0.3, -0.25) is 0 Å². The Bertz CT molecular complexity index is 2790. The second-order valence-electron chi connectivity index (χ2n) is 14.3. The van der Waals surface area contributed by atoms with Crippen LogP contribution in [-0.4, -0.2) is 19.9 Å². The van der Waals surface area contributed by atoms with Gasteiger partial charge in [0.05, 0.1) is 11.2 Å². The van der Waals surface area contributed by atoms with Crippen molar-refractivity contribution in [2.24, 2.45) is 0 Å². The minimum absolute atomic E-state index is 0.124. The Balaban J connectivity index is 1.19. The molecule has 0 aliphatic heterocycles. The van der Waals surface area contributed by atoms with E-state index in [-0.39, 0.29) is 5.41 Å². The third-order valence-electron chi connectivity index (χ3n) is 10.7. The molecule has 0 radical (unpaired) electrons. The second-order valence-corrected chi connectivity index (χ2v) is 14.3. The summed E-state index contributed by atoms with van der Waals surface area (Å²) in [6, 6.07) is 59.5. The molecule has 4 heteroatoms. The molecule has 2 heterocycles. The van der Waals surface area contributed by atoms with Crippen LogP contribution in [0.4, 0.5) is 0 Å². The summed E-state index contributed by atoms with van der Waals surface area (Å²) in [6.45, 7) is 4.65. The number of aromatic nitrogens is 4. The first-order valence-corrected chi connectivity index (χ1v) is 18.1. The van der Waals surface area contributed by atoms with Crippen LogP contribution in [0.5, 0.6) is 0 Å². The van der Waals surface area contributed by atoms with Crippen LogP contribution in [0.2, 0.25) is 0 Å². The molecule has 1 aliphatic rings. The van der Waals surface area contributed by atoms with E-state index in [1.807, 2.05) is 60.7 Å². The largest absolute Gasteiger partial charge is 0.248 e. The van der Waals surface area contributed by atoms with E-state index < -0.39 is 0 Å². The fourth-order valence-electron chi connectivity index (χ4n) is 8.06. The molecule has 0 amide bonds. The van der Waals surface area contributed by atoms with E-state index >= 15 is 0 Å². The van der Waals surface area contributed by atoms with E-state index in [4.69, 9.17) is 19.9 Å². The summed E-state index contributed by atoms with van der Waals surface area (Å²) < 4.78 is 0. The number of rotatable bonds is 5. The molecular weight excluding hydrogens is 645 g/mol. The van der Waals surface area contributed by atoms with E-state index in [1.54, 1.807) is 0 Å². The third-order valence-corrected chi connectivity index (χ3v) is 10.7. The number of fused-ring (bicyclic) bond motifs is 5. The zero-order valence-corrected chi connectivity index (χ0v) is 29.5. The van der Waals surface area contributed by atoms with Crippen LogP contribution in [0.3, 0.4) is 0 Å². The van der Waals surface area contributed by atoms with Gasteiger partial charge in [-0.2, -0.15) is 0 Å². The average Bonchev–Trinajstić information content (AvgIpc) is 3.45. The molecule has 9 aromatic rings. The summed E-state index contributed by atoms with van der Waals surface area (Å²) in [6.07, 6.45) is 0. The number of benzene rings is 7. The van der Waals surface area contributed by atoms with Crippen LogP contribution in [0.25, 0.3) is 89.4 Å². The number of hydrogen-bond donors (Lipinski definition) is 0. The van der Waals surface area contributed by atoms with Crippen LogP contribution in [0.15, 0.2) is 170 Å². The van der Waals surface area contributed by atoms with Gasteiger partial charge >= 0.3 is 0 Å². The maximum atomic E-state index is 5.46. The molecule has 10 rings (SSSR count). The predicted octanol–water partition coefficient (Wildman–Crippen LogP) is 12.2. The minimum atomic E-state index is -0.124. The highest BCUT2D eigenvalue weighted by Gasteiger charge is 2.36. The Morgan fingerprint density at radius 3 is 1.53 bits per heavy atom. The minimum Gasteiger partial charge on any atom is -0.248 e. The van der Waals surface area contributed by atoms with Crippen LogP contribution in [0.1, 0.15) is 25.0 Å². The van der Waals surface area contributed by atoms with Gasteiger partial charge in [0.25, 0.3) is 0 Å². The van der Waals surface area contributed by atoms with Gasteiger partial charge in [-0.25, -0.2) is 19.9 Å². The first kappa shape index (κ1) is 31.0. The van der Waals surface area contributed by atoms with Crippen molar-refractivity contribution >= 4 is 21.7 Å². The summed E-state index contributed by atoms with van der Waals surface area (Å²) >= 11 is 0. The number of pyridine rings is 1. The third kappa shape index (κ3) is 5.14. The molecule has 0 spiro atoms. The van der Waals surface area contributed by atoms with E-state index in [0.29, 0.717) is 17.5 Å². The van der Waals surface area contributed by atoms with Gasteiger partial charge in [-0.1, -0.05) is 159 Å². The Kier molecular flexibility index (Phi) is 7.12. The van der Waals surface area contributed by atoms with Crippen molar-refractivity contribution in [3.63, 3.8) is 0 Å². The first-order chi connectivity index (χ1) is 26.0. The van der Waals surface area contributed by atoms with Crippen molar-refractivity contribution in [2.45, 2.75) is 19.3 Å².